The van der Waals surface area contributed by atoms with Crippen LogP contribution < -0.4 is 10.0 Å². The number of aromatic nitrogens is 4. The number of carbonyl (C=O) groups is 1. The number of amides is 1. The van der Waals surface area contributed by atoms with Gasteiger partial charge in [-0.25, -0.2) is 13.1 Å². The molecular formula is C21H20N6O3S2. The van der Waals surface area contributed by atoms with Crippen molar-refractivity contribution in [3.8, 4) is 0 Å². The number of benzene rings is 2. The van der Waals surface area contributed by atoms with Gasteiger partial charge in [-0.05, 0) is 36.4 Å². The largest absolute Gasteiger partial charge is 0.325 e. The van der Waals surface area contributed by atoms with Crippen LogP contribution in [-0.2, 0) is 21.2 Å². The van der Waals surface area contributed by atoms with Crippen LogP contribution in [0.1, 0.15) is 5.82 Å². The standard InChI is InChI=1S/C21H20N6O3S2/c28-20(23-16-7-3-1-4-8-16)15-31-21-12-11-18-24-25-19(27(18)26-21)13-14-22-32(29,30)17-9-5-2-6-10-17/h1-12,22H,13-15H2,(H,23,28). The van der Waals surface area contributed by atoms with Gasteiger partial charge in [-0.2, -0.15) is 9.61 Å². The second-order valence-electron chi connectivity index (χ2n) is 6.72. The van der Waals surface area contributed by atoms with E-state index in [0.717, 1.165) is 5.69 Å². The highest BCUT2D eigenvalue weighted by molar-refractivity contribution is 7.99. The zero-order valence-electron chi connectivity index (χ0n) is 16.9. The van der Waals surface area contributed by atoms with Crippen molar-refractivity contribution in [2.24, 2.45) is 0 Å². The molecule has 4 rings (SSSR count). The third kappa shape index (κ3) is 5.49. The summed E-state index contributed by atoms with van der Waals surface area (Å²) >= 11 is 1.29. The van der Waals surface area contributed by atoms with E-state index in [-0.39, 0.29) is 23.1 Å². The number of sulfonamides is 1. The van der Waals surface area contributed by atoms with Crippen molar-refractivity contribution in [2.75, 3.05) is 17.6 Å². The van der Waals surface area contributed by atoms with Crippen LogP contribution in [0.5, 0.6) is 0 Å². The Balaban J connectivity index is 1.36. The van der Waals surface area contributed by atoms with Gasteiger partial charge in [0.25, 0.3) is 0 Å². The highest BCUT2D eigenvalue weighted by atomic mass is 32.2. The Hall–Kier alpha value is -3.28. The lowest BCUT2D eigenvalue weighted by atomic mass is 10.3. The SMILES string of the molecule is O=C(CSc1ccc2nnc(CCNS(=O)(=O)c3ccccc3)n2n1)Nc1ccccc1. The van der Waals surface area contributed by atoms with Crippen molar-refractivity contribution in [3.05, 3.63) is 78.6 Å². The van der Waals surface area contributed by atoms with Crippen molar-refractivity contribution in [2.45, 2.75) is 16.3 Å². The van der Waals surface area contributed by atoms with Gasteiger partial charge in [0.05, 0.1) is 10.6 Å². The molecule has 0 atom stereocenters. The molecule has 0 spiro atoms. The fourth-order valence-electron chi connectivity index (χ4n) is 2.89. The van der Waals surface area contributed by atoms with Crippen molar-refractivity contribution in [3.63, 3.8) is 0 Å². The van der Waals surface area contributed by atoms with E-state index in [4.69, 9.17) is 0 Å². The van der Waals surface area contributed by atoms with Gasteiger partial charge in [0, 0.05) is 18.7 Å². The third-order valence-electron chi connectivity index (χ3n) is 4.41. The van der Waals surface area contributed by atoms with Crippen LogP contribution in [0, 0.1) is 0 Å². The molecule has 2 heterocycles. The smallest absolute Gasteiger partial charge is 0.240 e. The first-order valence-electron chi connectivity index (χ1n) is 9.75. The molecule has 0 aliphatic carbocycles. The van der Waals surface area contributed by atoms with Gasteiger partial charge in [0.2, 0.25) is 15.9 Å². The molecular weight excluding hydrogens is 448 g/mol. The first kappa shape index (κ1) is 21.9. The van der Waals surface area contributed by atoms with Gasteiger partial charge in [-0.15, -0.1) is 10.2 Å². The predicted octanol–water partition coefficient (Wildman–Crippen LogP) is 2.38. The fourth-order valence-corrected chi connectivity index (χ4v) is 4.60. The fraction of sp³-hybridized carbons (Fsp3) is 0.143. The summed E-state index contributed by atoms with van der Waals surface area (Å²) in [6.45, 7) is 0.149. The summed E-state index contributed by atoms with van der Waals surface area (Å²) in [6, 6.07) is 20.9. The summed E-state index contributed by atoms with van der Waals surface area (Å²) in [7, 11) is -3.60. The first-order chi connectivity index (χ1) is 15.5. The van der Waals surface area contributed by atoms with Gasteiger partial charge in [0.1, 0.15) is 5.03 Å². The molecule has 0 saturated heterocycles. The van der Waals surface area contributed by atoms with Crippen LogP contribution in [0.4, 0.5) is 5.69 Å². The number of carbonyl (C=O) groups excluding carboxylic acids is 1. The number of hydrogen-bond acceptors (Lipinski definition) is 7. The molecule has 2 aromatic carbocycles. The quantitative estimate of drug-likeness (QED) is 0.362. The van der Waals surface area contributed by atoms with Crippen LogP contribution in [0.15, 0.2) is 82.7 Å². The molecule has 9 nitrogen and oxygen atoms in total. The van der Waals surface area contributed by atoms with Gasteiger partial charge < -0.3 is 5.32 Å². The predicted molar refractivity (Wildman–Crippen MR) is 122 cm³/mol. The van der Waals surface area contributed by atoms with E-state index in [9.17, 15) is 13.2 Å². The Morgan fingerprint density at radius 1 is 0.938 bits per heavy atom. The van der Waals surface area contributed by atoms with Gasteiger partial charge in [-0.1, -0.05) is 48.2 Å². The number of anilines is 1. The van der Waals surface area contributed by atoms with Crippen LogP contribution in [-0.4, -0.2) is 46.4 Å². The van der Waals surface area contributed by atoms with Crippen molar-refractivity contribution >= 4 is 39.0 Å². The minimum absolute atomic E-state index is 0.137. The second kappa shape index (κ2) is 9.90. The molecule has 0 aliphatic heterocycles. The molecule has 0 saturated carbocycles. The molecule has 0 bridgehead atoms. The van der Waals surface area contributed by atoms with E-state index in [1.54, 1.807) is 34.8 Å². The van der Waals surface area contributed by atoms with Crippen LogP contribution in [0.2, 0.25) is 0 Å². The lowest BCUT2D eigenvalue weighted by Crippen LogP contribution is -2.26. The summed E-state index contributed by atoms with van der Waals surface area (Å²) in [5.41, 5.74) is 1.28. The summed E-state index contributed by atoms with van der Waals surface area (Å²) in [5, 5.41) is 16.1. The molecule has 0 fully saturated rings. The van der Waals surface area contributed by atoms with E-state index in [1.807, 2.05) is 30.3 Å². The van der Waals surface area contributed by atoms with Crippen LogP contribution in [0.25, 0.3) is 5.65 Å². The molecule has 0 unspecified atom stereocenters. The Morgan fingerprint density at radius 2 is 1.66 bits per heavy atom. The van der Waals surface area contributed by atoms with E-state index in [1.165, 1.54) is 23.9 Å². The monoisotopic (exact) mass is 468 g/mol. The van der Waals surface area contributed by atoms with Gasteiger partial charge >= 0.3 is 0 Å². The van der Waals surface area contributed by atoms with Crippen molar-refractivity contribution in [1.29, 1.82) is 0 Å². The zero-order chi connectivity index (χ0) is 22.4. The Bertz CT molecular complexity index is 1310. The molecule has 1 amide bonds. The molecule has 11 heteroatoms. The van der Waals surface area contributed by atoms with E-state index in [0.29, 0.717) is 22.9 Å². The minimum Gasteiger partial charge on any atom is -0.325 e. The van der Waals surface area contributed by atoms with E-state index < -0.39 is 10.0 Å². The number of para-hydroxylation sites is 1. The first-order valence-corrected chi connectivity index (χ1v) is 12.2. The number of thioether (sulfide) groups is 1. The lowest BCUT2D eigenvalue weighted by Gasteiger charge is -2.06. The Kier molecular flexibility index (Phi) is 6.78. The molecule has 0 radical (unpaired) electrons. The maximum absolute atomic E-state index is 12.3. The van der Waals surface area contributed by atoms with Gasteiger partial charge in [-0.3, -0.25) is 4.79 Å². The number of nitrogens with zero attached hydrogens (tertiary/aromatic N) is 4. The number of fused-ring (bicyclic) bond motifs is 1. The topological polar surface area (TPSA) is 118 Å². The minimum atomic E-state index is -3.60. The molecule has 4 aromatic rings. The number of rotatable bonds is 9. The third-order valence-corrected chi connectivity index (χ3v) is 6.80. The lowest BCUT2D eigenvalue weighted by molar-refractivity contribution is -0.113. The van der Waals surface area contributed by atoms with Crippen LogP contribution in [0.3, 0.4) is 0 Å². The van der Waals surface area contributed by atoms with E-state index >= 15 is 0 Å². The highest BCUT2D eigenvalue weighted by Crippen LogP contribution is 2.17. The van der Waals surface area contributed by atoms with Crippen molar-refractivity contribution in [1.82, 2.24) is 24.5 Å². The summed E-state index contributed by atoms with van der Waals surface area (Å²) in [4.78, 5) is 12.4. The molecule has 0 aliphatic rings. The summed E-state index contributed by atoms with van der Waals surface area (Å²) in [6.07, 6.45) is 0.308. The summed E-state index contributed by atoms with van der Waals surface area (Å²) in [5.74, 6) is 0.580. The maximum Gasteiger partial charge on any atom is 0.240 e. The van der Waals surface area contributed by atoms with Crippen LogP contribution >= 0.6 is 11.8 Å². The number of hydrogen-bond donors (Lipinski definition) is 2. The zero-order valence-corrected chi connectivity index (χ0v) is 18.5. The number of nitrogens with one attached hydrogen (secondary N) is 2. The highest BCUT2D eigenvalue weighted by Gasteiger charge is 2.14. The Morgan fingerprint density at radius 3 is 2.41 bits per heavy atom. The van der Waals surface area contributed by atoms with Gasteiger partial charge in [0.15, 0.2) is 11.5 Å². The molecule has 32 heavy (non-hydrogen) atoms. The molecule has 2 N–H and O–H groups in total. The summed E-state index contributed by atoms with van der Waals surface area (Å²) < 4.78 is 28.8. The molecule has 2 aromatic heterocycles. The maximum atomic E-state index is 12.3. The Labute approximate surface area is 189 Å². The average molecular weight is 469 g/mol. The normalized spacial score (nSPS) is 11.5. The van der Waals surface area contributed by atoms with E-state index in [2.05, 4.69) is 25.3 Å². The second-order valence-corrected chi connectivity index (χ2v) is 9.48. The van der Waals surface area contributed by atoms with Crippen molar-refractivity contribution < 1.29 is 13.2 Å². The molecule has 164 valence electrons. The average Bonchev–Trinajstić information content (AvgIpc) is 3.21.